The second kappa shape index (κ2) is 15.6. The molecule has 0 saturated heterocycles. The van der Waals surface area contributed by atoms with E-state index in [0.717, 1.165) is 25.4 Å². The van der Waals surface area contributed by atoms with E-state index in [9.17, 15) is 16.8 Å². The number of hydrogen-bond donors (Lipinski definition) is 2. The van der Waals surface area contributed by atoms with Crippen molar-refractivity contribution in [3.05, 3.63) is 97.1 Å². The predicted octanol–water partition coefficient (Wildman–Crippen LogP) is 4.20. The minimum absolute atomic E-state index is 0. The van der Waals surface area contributed by atoms with E-state index in [2.05, 4.69) is 24.3 Å². The zero-order chi connectivity index (χ0) is 24.0. The molecule has 0 bridgehead atoms. The number of phenolic OH excluding ortho intramolecular Hbond substituents is 2. The minimum Gasteiger partial charge on any atom is -0.508 e. The van der Waals surface area contributed by atoms with Crippen LogP contribution in [0.25, 0.3) is 0 Å². The normalized spacial score (nSPS) is 12.9. The zero-order valence-corrected chi connectivity index (χ0v) is 22.4. The number of aromatic hydroxyl groups is 2. The van der Waals surface area contributed by atoms with Crippen molar-refractivity contribution < 1.29 is 53.3 Å². The largest absolute Gasteiger partial charge is 2.00 e. The number of benzene rings is 2. The van der Waals surface area contributed by atoms with Crippen LogP contribution in [0, 0.1) is 12.2 Å². The minimum atomic E-state index is -3.19. The molecule has 0 radical (unpaired) electrons. The molecule has 0 fully saturated rings. The van der Waals surface area contributed by atoms with Crippen molar-refractivity contribution in [2.75, 3.05) is 12.5 Å². The number of rotatable bonds is 2. The second-order valence-electron chi connectivity index (χ2n) is 6.55. The van der Waals surface area contributed by atoms with Gasteiger partial charge in [0.05, 0.1) is 9.79 Å². The van der Waals surface area contributed by atoms with Gasteiger partial charge in [-0.3, -0.25) is 12.2 Å². The Hall–Kier alpha value is -2.22. The van der Waals surface area contributed by atoms with E-state index < -0.39 is 19.7 Å². The molecule has 4 rings (SSSR count). The third-order valence-corrected chi connectivity index (χ3v) is 5.88. The fourth-order valence-electron chi connectivity index (χ4n) is 2.11. The summed E-state index contributed by atoms with van der Waals surface area (Å²) in [7, 11) is -6.37. The summed E-state index contributed by atoms with van der Waals surface area (Å²) in [6.45, 7) is 0. The van der Waals surface area contributed by atoms with Crippen LogP contribution in [0.1, 0.15) is 12.8 Å². The molecule has 2 aliphatic rings. The van der Waals surface area contributed by atoms with E-state index in [1.54, 1.807) is 0 Å². The summed E-state index contributed by atoms with van der Waals surface area (Å²) in [6, 6.07) is 11.1. The molecule has 33 heavy (non-hydrogen) atoms. The van der Waals surface area contributed by atoms with Crippen molar-refractivity contribution >= 4 is 19.7 Å². The molecule has 0 aromatic heterocycles. The molecule has 6 nitrogen and oxygen atoms in total. The van der Waals surface area contributed by atoms with Crippen LogP contribution in [0.15, 0.2) is 94.8 Å². The van der Waals surface area contributed by atoms with E-state index in [1.165, 1.54) is 48.5 Å². The Balaban J connectivity index is 0.000000434. The van der Waals surface area contributed by atoms with Gasteiger partial charge in [-0.05, 0) is 36.4 Å². The van der Waals surface area contributed by atoms with E-state index in [0.29, 0.717) is 0 Å². The predicted molar refractivity (Wildman–Crippen MR) is 126 cm³/mol. The maximum Gasteiger partial charge on any atom is 2.00 e. The SMILES string of the molecule is CS(=O)(=O)c1cccc(O)c1.CS(=O)(=O)c1cccc(O)c1.[C-]1=CC=CC1.[C-]1=CC=CC1.[Zr+2]. The van der Waals surface area contributed by atoms with Crippen LogP contribution >= 0.6 is 0 Å². The molecule has 174 valence electrons. The summed E-state index contributed by atoms with van der Waals surface area (Å²) < 4.78 is 43.5. The number of hydrogen-bond acceptors (Lipinski definition) is 6. The molecule has 0 unspecified atom stereocenters. The van der Waals surface area contributed by atoms with Gasteiger partial charge >= 0.3 is 26.2 Å². The van der Waals surface area contributed by atoms with Crippen molar-refractivity contribution in [2.45, 2.75) is 22.6 Å². The molecule has 2 aromatic carbocycles. The maximum atomic E-state index is 10.9. The second-order valence-corrected chi connectivity index (χ2v) is 10.6. The molecule has 0 heterocycles. The van der Waals surface area contributed by atoms with Gasteiger partial charge in [-0.25, -0.2) is 41.1 Å². The molecule has 0 atom stereocenters. The first kappa shape index (κ1) is 30.8. The third-order valence-electron chi connectivity index (χ3n) is 3.66. The molecule has 0 aliphatic heterocycles. The molecular weight excluding hydrogens is 540 g/mol. The van der Waals surface area contributed by atoms with Crippen LogP contribution in [0.3, 0.4) is 0 Å². The Morgan fingerprint density at radius 2 is 1.06 bits per heavy atom. The molecular formula is C24H26O6S2Zr. The summed E-state index contributed by atoms with van der Waals surface area (Å²) in [5, 5.41) is 17.8. The molecule has 2 N–H and O–H groups in total. The van der Waals surface area contributed by atoms with Gasteiger partial charge in [0.2, 0.25) is 0 Å². The summed E-state index contributed by atoms with van der Waals surface area (Å²) in [5.41, 5.74) is 0. The van der Waals surface area contributed by atoms with Crippen molar-refractivity contribution in [3.8, 4) is 11.5 Å². The van der Waals surface area contributed by atoms with Crippen molar-refractivity contribution in [1.82, 2.24) is 0 Å². The van der Waals surface area contributed by atoms with Crippen LogP contribution in [-0.2, 0) is 45.9 Å². The monoisotopic (exact) mass is 564 g/mol. The van der Waals surface area contributed by atoms with Gasteiger partial charge in [0.25, 0.3) is 0 Å². The molecule has 0 spiro atoms. The van der Waals surface area contributed by atoms with Gasteiger partial charge in [-0.1, -0.05) is 12.1 Å². The summed E-state index contributed by atoms with van der Waals surface area (Å²) >= 11 is 0. The van der Waals surface area contributed by atoms with Gasteiger partial charge in [0.1, 0.15) is 11.5 Å². The summed E-state index contributed by atoms with van der Waals surface area (Å²) in [6.07, 6.45) is 22.2. The van der Waals surface area contributed by atoms with Crippen molar-refractivity contribution in [1.29, 1.82) is 0 Å². The Labute approximate surface area is 215 Å². The van der Waals surface area contributed by atoms with Crippen molar-refractivity contribution in [2.24, 2.45) is 0 Å². The fourth-order valence-corrected chi connectivity index (χ4v) is 3.43. The van der Waals surface area contributed by atoms with Gasteiger partial charge < -0.3 is 10.2 Å². The Kier molecular flexibility index (Phi) is 14.5. The number of phenols is 2. The van der Waals surface area contributed by atoms with Crippen LogP contribution < -0.4 is 0 Å². The molecule has 2 aliphatic carbocycles. The molecule has 0 saturated carbocycles. The van der Waals surface area contributed by atoms with Crippen LogP contribution in [0.2, 0.25) is 0 Å². The van der Waals surface area contributed by atoms with Gasteiger partial charge in [-0.2, -0.15) is 12.2 Å². The smallest absolute Gasteiger partial charge is 0.508 e. The zero-order valence-electron chi connectivity index (χ0n) is 18.3. The Morgan fingerprint density at radius 3 is 1.21 bits per heavy atom. The Morgan fingerprint density at radius 1 is 0.697 bits per heavy atom. The first-order valence-corrected chi connectivity index (χ1v) is 13.2. The van der Waals surface area contributed by atoms with Crippen LogP contribution in [0.5, 0.6) is 11.5 Å². The molecule has 9 heteroatoms. The maximum absolute atomic E-state index is 10.9. The number of allylic oxidation sites excluding steroid dienone is 8. The van der Waals surface area contributed by atoms with Crippen molar-refractivity contribution in [3.63, 3.8) is 0 Å². The molecule has 0 amide bonds. The van der Waals surface area contributed by atoms with Gasteiger partial charge in [-0.15, -0.1) is 12.8 Å². The topological polar surface area (TPSA) is 109 Å². The van der Waals surface area contributed by atoms with Gasteiger partial charge in [0, 0.05) is 12.5 Å². The summed E-state index contributed by atoms with van der Waals surface area (Å²) in [4.78, 5) is 0.273. The average molecular weight is 566 g/mol. The van der Waals surface area contributed by atoms with Gasteiger partial charge in [0.15, 0.2) is 19.7 Å². The quantitative estimate of drug-likeness (QED) is 0.529. The fraction of sp³-hybridized carbons (Fsp3) is 0.167. The standard InChI is InChI=1S/2C7H8O3S.2C5H5.Zr/c2*1-11(9,10)7-4-2-3-6(8)5-7;2*1-2-4-5-3-1;/h2*2-5,8H,1H3;2*1-3H,4H2;/q;;2*-1;+2. The van der Waals surface area contributed by atoms with E-state index in [-0.39, 0.29) is 47.5 Å². The van der Waals surface area contributed by atoms with E-state index in [1.807, 2.05) is 24.3 Å². The average Bonchev–Trinajstić information content (AvgIpc) is 3.46. The number of sulfone groups is 2. The first-order chi connectivity index (χ1) is 15.0. The third kappa shape index (κ3) is 14.5. The van der Waals surface area contributed by atoms with Crippen LogP contribution in [-0.4, -0.2) is 39.6 Å². The first-order valence-electron chi connectivity index (χ1n) is 9.42. The summed E-state index contributed by atoms with van der Waals surface area (Å²) in [5.74, 6) is -0.0687. The van der Waals surface area contributed by atoms with E-state index >= 15 is 0 Å². The molecule has 2 aromatic rings. The van der Waals surface area contributed by atoms with Crippen LogP contribution in [0.4, 0.5) is 0 Å². The van der Waals surface area contributed by atoms with E-state index in [4.69, 9.17) is 10.2 Å². The Bertz CT molecular complexity index is 1080.